The minimum atomic E-state index is 0.170. The van der Waals surface area contributed by atoms with Gasteiger partial charge in [-0.15, -0.1) is 0 Å². The van der Waals surface area contributed by atoms with E-state index in [2.05, 4.69) is 23.0 Å². The van der Waals surface area contributed by atoms with E-state index in [1.54, 1.807) is 0 Å². The maximum absolute atomic E-state index is 6.38. The zero-order chi connectivity index (χ0) is 11.2. The Morgan fingerprint density at radius 2 is 2.19 bits per heavy atom. The number of fused-ring (bicyclic) bond motifs is 2. The monoisotopic (exact) mass is 217 g/mol. The van der Waals surface area contributed by atoms with Crippen LogP contribution in [-0.4, -0.2) is 36.1 Å². The summed E-state index contributed by atoms with van der Waals surface area (Å²) in [5.41, 5.74) is 9.21. The van der Waals surface area contributed by atoms with Crippen molar-refractivity contribution >= 4 is 0 Å². The summed E-state index contributed by atoms with van der Waals surface area (Å²) in [6, 6.07) is 4.49. The zero-order valence-electron chi connectivity index (χ0n) is 9.82. The summed E-state index contributed by atoms with van der Waals surface area (Å²) in [5.74, 6) is 0. The molecule has 1 fully saturated rings. The van der Waals surface area contributed by atoms with Crippen molar-refractivity contribution in [2.45, 2.75) is 30.7 Å². The minimum Gasteiger partial charge on any atom is -0.327 e. The van der Waals surface area contributed by atoms with E-state index in [1.165, 1.54) is 11.3 Å². The molecular formula is C13H19N3. The first-order chi connectivity index (χ1) is 7.72. The number of pyridine rings is 1. The normalized spacial score (nSPS) is 28.2. The number of nitrogens with zero attached hydrogens (tertiary/aromatic N) is 2. The van der Waals surface area contributed by atoms with Crippen molar-refractivity contribution in [3.05, 3.63) is 29.6 Å². The third kappa shape index (κ3) is 1.31. The SMILES string of the molecule is CN1CCC2(CC1)c1ncccc1CC2N. The van der Waals surface area contributed by atoms with Gasteiger partial charge in [-0.1, -0.05) is 6.07 Å². The molecule has 1 spiro atoms. The second-order valence-corrected chi connectivity index (χ2v) is 5.28. The number of rotatable bonds is 0. The second kappa shape index (κ2) is 3.54. The lowest BCUT2D eigenvalue weighted by atomic mass is 9.73. The molecule has 0 aromatic carbocycles. The van der Waals surface area contributed by atoms with Crippen molar-refractivity contribution in [2.24, 2.45) is 5.73 Å². The Kier molecular flexibility index (Phi) is 2.26. The molecule has 1 saturated heterocycles. The number of nitrogens with two attached hydrogens (primary N) is 1. The smallest absolute Gasteiger partial charge is 0.0514 e. The Morgan fingerprint density at radius 3 is 2.94 bits per heavy atom. The molecule has 1 atom stereocenters. The highest BCUT2D eigenvalue weighted by molar-refractivity contribution is 5.37. The Balaban J connectivity index is 2.01. The maximum atomic E-state index is 6.38. The van der Waals surface area contributed by atoms with Crippen LogP contribution in [0.3, 0.4) is 0 Å². The molecule has 86 valence electrons. The summed E-state index contributed by atoms with van der Waals surface area (Å²) < 4.78 is 0. The van der Waals surface area contributed by atoms with Crippen molar-refractivity contribution in [1.29, 1.82) is 0 Å². The molecule has 1 unspecified atom stereocenters. The summed E-state index contributed by atoms with van der Waals surface area (Å²) in [6.45, 7) is 2.29. The number of hydrogen-bond donors (Lipinski definition) is 1. The highest BCUT2D eigenvalue weighted by Gasteiger charge is 2.47. The lowest BCUT2D eigenvalue weighted by molar-refractivity contribution is 0.169. The van der Waals surface area contributed by atoms with Crippen molar-refractivity contribution in [2.75, 3.05) is 20.1 Å². The van der Waals surface area contributed by atoms with Crippen molar-refractivity contribution in [1.82, 2.24) is 9.88 Å². The van der Waals surface area contributed by atoms with E-state index in [4.69, 9.17) is 5.73 Å². The van der Waals surface area contributed by atoms with Gasteiger partial charge < -0.3 is 10.6 Å². The molecule has 2 aliphatic rings. The fourth-order valence-corrected chi connectivity index (χ4v) is 3.28. The van der Waals surface area contributed by atoms with Crippen LogP contribution in [-0.2, 0) is 11.8 Å². The van der Waals surface area contributed by atoms with Gasteiger partial charge in [0.1, 0.15) is 0 Å². The average Bonchev–Trinajstić information content (AvgIpc) is 2.57. The van der Waals surface area contributed by atoms with Gasteiger partial charge in [-0.25, -0.2) is 0 Å². The molecular weight excluding hydrogens is 198 g/mol. The van der Waals surface area contributed by atoms with E-state index >= 15 is 0 Å². The highest BCUT2D eigenvalue weighted by atomic mass is 15.1. The van der Waals surface area contributed by atoms with Crippen LogP contribution in [0.2, 0.25) is 0 Å². The maximum Gasteiger partial charge on any atom is 0.0514 e. The minimum absolute atomic E-state index is 0.170. The van der Waals surface area contributed by atoms with Gasteiger partial charge in [0, 0.05) is 17.7 Å². The molecule has 1 aromatic heterocycles. The number of hydrogen-bond acceptors (Lipinski definition) is 3. The fraction of sp³-hybridized carbons (Fsp3) is 0.615. The van der Waals surface area contributed by atoms with Gasteiger partial charge in [0.15, 0.2) is 0 Å². The topological polar surface area (TPSA) is 42.2 Å². The summed E-state index contributed by atoms with van der Waals surface area (Å²) in [4.78, 5) is 7.00. The summed E-state index contributed by atoms with van der Waals surface area (Å²) in [7, 11) is 2.19. The molecule has 0 bridgehead atoms. The molecule has 2 heterocycles. The van der Waals surface area contributed by atoms with Crippen molar-refractivity contribution in [3.8, 4) is 0 Å². The Bertz CT molecular complexity index is 394. The first-order valence-corrected chi connectivity index (χ1v) is 6.11. The molecule has 1 aliphatic heterocycles. The molecule has 3 nitrogen and oxygen atoms in total. The Labute approximate surface area is 96.7 Å². The molecule has 1 aromatic rings. The second-order valence-electron chi connectivity index (χ2n) is 5.28. The predicted molar refractivity (Wildman–Crippen MR) is 64.3 cm³/mol. The lowest BCUT2D eigenvalue weighted by Crippen LogP contribution is -2.50. The largest absolute Gasteiger partial charge is 0.327 e. The quantitative estimate of drug-likeness (QED) is 0.703. The molecule has 0 radical (unpaired) electrons. The van der Waals surface area contributed by atoms with Crippen LogP contribution in [0.25, 0.3) is 0 Å². The van der Waals surface area contributed by atoms with Crippen LogP contribution >= 0.6 is 0 Å². The summed E-state index contributed by atoms with van der Waals surface area (Å²) in [5, 5.41) is 0. The van der Waals surface area contributed by atoms with E-state index < -0.39 is 0 Å². The van der Waals surface area contributed by atoms with Gasteiger partial charge in [0.2, 0.25) is 0 Å². The average molecular weight is 217 g/mol. The molecule has 16 heavy (non-hydrogen) atoms. The van der Waals surface area contributed by atoms with Crippen LogP contribution in [0.1, 0.15) is 24.1 Å². The Morgan fingerprint density at radius 1 is 1.44 bits per heavy atom. The van der Waals surface area contributed by atoms with E-state index in [9.17, 15) is 0 Å². The molecule has 0 amide bonds. The fourth-order valence-electron chi connectivity index (χ4n) is 3.28. The summed E-state index contributed by atoms with van der Waals surface area (Å²) in [6.07, 6.45) is 5.24. The standard InChI is InChI=1S/C13H19N3/c1-16-7-4-13(5-8-16)11(14)9-10-3-2-6-15-12(10)13/h2-3,6,11H,4-5,7-9,14H2,1H3. The molecule has 2 N–H and O–H groups in total. The number of piperidine rings is 1. The van der Waals surface area contributed by atoms with Crippen LogP contribution in [0.4, 0.5) is 0 Å². The van der Waals surface area contributed by atoms with Crippen LogP contribution in [0.5, 0.6) is 0 Å². The van der Waals surface area contributed by atoms with Gasteiger partial charge in [-0.3, -0.25) is 4.98 Å². The van der Waals surface area contributed by atoms with Gasteiger partial charge >= 0.3 is 0 Å². The van der Waals surface area contributed by atoms with Crippen LogP contribution < -0.4 is 5.73 Å². The van der Waals surface area contributed by atoms with Crippen LogP contribution in [0.15, 0.2) is 18.3 Å². The zero-order valence-corrected chi connectivity index (χ0v) is 9.82. The van der Waals surface area contributed by atoms with Crippen molar-refractivity contribution < 1.29 is 0 Å². The van der Waals surface area contributed by atoms with Gasteiger partial charge in [0.25, 0.3) is 0 Å². The third-order valence-corrected chi connectivity index (χ3v) is 4.39. The number of aromatic nitrogens is 1. The van der Waals surface area contributed by atoms with Gasteiger partial charge in [-0.05, 0) is 51.0 Å². The van der Waals surface area contributed by atoms with E-state index in [1.807, 2.05) is 12.3 Å². The highest BCUT2D eigenvalue weighted by Crippen LogP contribution is 2.43. The first kappa shape index (κ1) is 10.2. The van der Waals surface area contributed by atoms with E-state index in [-0.39, 0.29) is 11.5 Å². The first-order valence-electron chi connectivity index (χ1n) is 6.11. The Hall–Kier alpha value is -0.930. The molecule has 3 heteroatoms. The van der Waals surface area contributed by atoms with Crippen LogP contribution in [0, 0.1) is 0 Å². The van der Waals surface area contributed by atoms with Gasteiger partial charge in [0.05, 0.1) is 5.69 Å². The predicted octanol–water partition coefficient (Wildman–Crippen LogP) is 0.928. The molecule has 1 aliphatic carbocycles. The summed E-state index contributed by atoms with van der Waals surface area (Å²) >= 11 is 0. The number of likely N-dealkylation sites (tertiary alicyclic amines) is 1. The van der Waals surface area contributed by atoms with E-state index in [0.29, 0.717) is 0 Å². The van der Waals surface area contributed by atoms with E-state index in [0.717, 1.165) is 32.4 Å². The van der Waals surface area contributed by atoms with Gasteiger partial charge in [-0.2, -0.15) is 0 Å². The molecule has 3 rings (SSSR count). The lowest BCUT2D eigenvalue weighted by Gasteiger charge is -2.40. The van der Waals surface area contributed by atoms with Crippen molar-refractivity contribution in [3.63, 3.8) is 0 Å². The molecule has 0 saturated carbocycles. The third-order valence-electron chi connectivity index (χ3n) is 4.39.